The summed E-state index contributed by atoms with van der Waals surface area (Å²) in [5, 5.41) is 3.07. The summed E-state index contributed by atoms with van der Waals surface area (Å²) in [5.74, 6) is -0.637. The minimum Gasteiger partial charge on any atom is -0.497 e. The first-order valence-corrected chi connectivity index (χ1v) is 14.0. The third kappa shape index (κ3) is 5.79. The number of benzene rings is 2. The van der Waals surface area contributed by atoms with E-state index in [-0.39, 0.29) is 41.9 Å². The number of fused-ring (bicyclic) bond motifs is 1. The Morgan fingerprint density at radius 1 is 1.08 bits per heavy atom. The standard InChI is InChI=1S/C27H33N3O6S/c1-19(26(32)28-21-8-4-3-5-9-21)29(18-20-12-14-22(36-2)15-13-20)25(31)16-17-30-27(33)23-10-6-7-11-24(23)37(30,34)35/h6-7,10-15,19,21H,3-5,8-9,16-18H2,1-2H3,(H,28,32). The highest BCUT2D eigenvalue weighted by Gasteiger charge is 2.41. The third-order valence-electron chi connectivity index (χ3n) is 7.07. The van der Waals surface area contributed by atoms with Gasteiger partial charge in [0.15, 0.2) is 0 Å². The fraction of sp³-hybridized carbons (Fsp3) is 0.444. The van der Waals surface area contributed by atoms with Gasteiger partial charge in [-0.1, -0.05) is 43.5 Å². The van der Waals surface area contributed by atoms with Gasteiger partial charge in [-0.3, -0.25) is 14.4 Å². The first-order chi connectivity index (χ1) is 17.7. The summed E-state index contributed by atoms with van der Waals surface area (Å²) in [4.78, 5) is 40.7. The normalized spacial score (nSPS) is 17.7. The average Bonchev–Trinajstić information content (AvgIpc) is 3.11. The van der Waals surface area contributed by atoms with Gasteiger partial charge in [0, 0.05) is 25.6 Å². The lowest BCUT2D eigenvalue weighted by atomic mass is 9.95. The Hall–Kier alpha value is -3.40. The van der Waals surface area contributed by atoms with Crippen LogP contribution < -0.4 is 10.1 Å². The predicted octanol–water partition coefficient (Wildman–Crippen LogP) is 3.10. The van der Waals surface area contributed by atoms with Gasteiger partial charge in [0.1, 0.15) is 16.7 Å². The van der Waals surface area contributed by atoms with Crippen molar-refractivity contribution in [2.45, 2.75) is 69.0 Å². The van der Waals surface area contributed by atoms with Crippen LogP contribution in [0.5, 0.6) is 5.75 Å². The summed E-state index contributed by atoms with van der Waals surface area (Å²) in [5.41, 5.74) is 0.897. The van der Waals surface area contributed by atoms with Crippen molar-refractivity contribution in [3.8, 4) is 5.75 Å². The first kappa shape index (κ1) is 26.7. The number of ether oxygens (including phenoxy) is 1. The Labute approximate surface area is 217 Å². The quantitative estimate of drug-likeness (QED) is 0.536. The van der Waals surface area contributed by atoms with Crippen LogP contribution in [0.25, 0.3) is 0 Å². The monoisotopic (exact) mass is 527 g/mol. The molecule has 2 aliphatic rings. The Balaban J connectivity index is 1.50. The molecule has 1 unspecified atom stereocenters. The summed E-state index contributed by atoms with van der Waals surface area (Å²) < 4.78 is 31.7. The van der Waals surface area contributed by atoms with Crippen LogP contribution in [0.3, 0.4) is 0 Å². The highest BCUT2D eigenvalue weighted by molar-refractivity contribution is 7.90. The van der Waals surface area contributed by atoms with Crippen LogP contribution in [0.1, 0.15) is 61.4 Å². The topological polar surface area (TPSA) is 113 Å². The van der Waals surface area contributed by atoms with E-state index in [2.05, 4.69) is 5.32 Å². The molecular formula is C27H33N3O6S. The molecular weight excluding hydrogens is 494 g/mol. The van der Waals surface area contributed by atoms with Gasteiger partial charge in [0.05, 0.1) is 12.7 Å². The van der Waals surface area contributed by atoms with Gasteiger partial charge in [-0.2, -0.15) is 0 Å². The number of methoxy groups -OCH3 is 1. The van der Waals surface area contributed by atoms with E-state index in [1.807, 2.05) is 12.1 Å². The molecule has 0 aromatic heterocycles. The number of hydrogen-bond donors (Lipinski definition) is 1. The number of nitrogens with zero attached hydrogens (tertiary/aromatic N) is 2. The Morgan fingerprint density at radius 3 is 2.41 bits per heavy atom. The summed E-state index contributed by atoms with van der Waals surface area (Å²) in [6.07, 6.45) is 4.88. The molecule has 9 nitrogen and oxygen atoms in total. The molecule has 1 aliphatic carbocycles. The van der Waals surface area contributed by atoms with Gasteiger partial charge >= 0.3 is 0 Å². The van der Waals surface area contributed by atoms with Gasteiger partial charge in [-0.15, -0.1) is 0 Å². The third-order valence-corrected chi connectivity index (χ3v) is 8.91. The van der Waals surface area contributed by atoms with Gasteiger partial charge < -0.3 is 15.0 Å². The molecule has 1 N–H and O–H groups in total. The molecule has 37 heavy (non-hydrogen) atoms. The zero-order valence-corrected chi connectivity index (χ0v) is 22.0. The van der Waals surface area contributed by atoms with Crippen molar-refractivity contribution in [3.05, 3.63) is 59.7 Å². The zero-order chi connectivity index (χ0) is 26.6. The fourth-order valence-electron chi connectivity index (χ4n) is 4.87. The molecule has 198 valence electrons. The molecule has 0 radical (unpaired) electrons. The van der Waals surface area contributed by atoms with Crippen molar-refractivity contribution in [2.24, 2.45) is 0 Å². The largest absolute Gasteiger partial charge is 0.497 e. The molecule has 1 atom stereocenters. The first-order valence-electron chi connectivity index (χ1n) is 12.6. The van der Waals surface area contributed by atoms with E-state index in [9.17, 15) is 22.8 Å². The number of rotatable bonds is 9. The number of hydrogen-bond acceptors (Lipinski definition) is 6. The van der Waals surface area contributed by atoms with E-state index in [0.29, 0.717) is 5.75 Å². The Kier molecular flexibility index (Phi) is 8.16. The summed E-state index contributed by atoms with van der Waals surface area (Å²) >= 11 is 0. The number of amides is 3. The Bertz CT molecular complexity index is 1260. The maximum absolute atomic E-state index is 13.4. The average molecular weight is 528 g/mol. The van der Waals surface area contributed by atoms with Crippen molar-refractivity contribution in [2.75, 3.05) is 13.7 Å². The molecule has 0 saturated heterocycles. The van der Waals surface area contributed by atoms with E-state index >= 15 is 0 Å². The molecule has 3 amide bonds. The molecule has 4 rings (SSSR count). The second kappa shape index (κ2) is 11.3. The van der Waals surface area contributed by atoms with Gasteiger partial charge in [0.2, 0.25) is 11.8 Å². The molecule has 0 spiro atoms. The van der Waals surface area contributed by atoms with E-state index in [1.54, 1.807) is 38.3 Å². The maximum Gasteiger partial charge on any atom is 0.269 e. The molecule has 0 bridgehead atoms. The molecule has 2 aromatic rings. The smallest absolute Gasteiger partial charge is 0.269 e. The van der Waals surface area contributed by atoms with Crippen LogP contribution in [0, 0.1) is 0 Å². The minimum absolute atomic E-state index is 0.0530. The van der Waals surface area contributed by atoms with Crippen molar-refractivity contribution in [1.29, 1.82) is 0 Å². The lowest BCUT2D eigenvalue weighted by molar-refractivity contribution is -0.141. The van der Waals surface area contributed by atoms with Gasteiger partial charge in [0.25, 0.3) is 15.9 Å². The lowest BCUT2D eigenvalue weighted by Crippen LogP contribution is -2.50. The predicted molar refractivity (Wildman–Crippen MR) is 137 cm³/mol. The summed E-state index contributed by atoms with van der Waals surface area (Å²) in [7, 11) is -2.46. The van der Waals surface area contributed by atoms with Crippen molar-refractivity contribution < 1.29 is 27.5 Å². The molecule has 1 aliphatic heterocycles. The second-order valence-electron chi connectivity index (χ2n) is 9.52. The number of carbonyl (C=O) groups excluding carboxylic acids is 3. The fourth-order valence-corrected chi connectivity index (χ4v) is 6.44. The summed E-state index contributed by atoms with van der Waals surface area (Å²) in [6, 6.07) is 12.5. The highest BCUT2D eigenvalue weighted by atomic mass is 32.2. The minimum atomic E-state index is -4.02. The van der Waals surface area contributed by atoms with Crippen LogP contribution in [-0.2, 0) is 26.2 Å². The van der Waals surface area contributed by atoms with E-state index in [1.165, 1.54) is 17.0 Å². The molecule has 2 aromatic carbocycles. The second-order valence-corrected chi connectivity index (χ2v) is 11.3. The SMILES string of the molecule is COc1ccc(CN(C(=O)CCN2C(=O)c3ccccc3S2(=O)=O)C(C)C(=O)NC2CCCCC2)cc1. The highest BCUT2D eigenvalue weighted by Crippen LogP contribution is 2.30. The summed E-state index contributed by atoms with van der Waals surface area (Å²) in [6.45, 7) is 1.53. The van der Waals surface area contributed by atoms with Crippen molar-refractivity contribution in [1.82, 2.24) is 14.5 Å². The van der Waals surface area contributed by atoms with E-state index in [0.717, 1.165) is 42.0 Å². The van der Waals surface area contributed by atoms with Crippen LogP contribution in [0.15, 0.2) is 53.4 Å². The van der Waals surface area contributed by atoms with Crippen LogP contribution in [0.4, 0.5) is 0 Å². The molecule has 1 saturated carbocycles. The van der Waals surface area contributed by atoms with Crippen molar-refractivity contribution in [3.63, 3.8) is 0 Å². The van der Waals surface area contributed by atoms with Gasteiger partial charge in [-0.25, -0.2) is 12.7 Å². The van der Waals surface area contributed by atoms with Crippen molar-refractivity contribution >= 4 is 27.7 Å². The van der Waals surface area contributed by atoms with Crippen LogP contribution in [-0.4, -0.2) is 61.1 Å². The Morgan fingerprint density at radius 2 is 1.76 bits per heavy atom. The lowest BCUT2D eigenvalue weighted by Gasteiger charge is -2.31. The van der Waals surface area contributed by atoms with E-state index in [4.69, 9.17) is 4.74 Å². The maximum atomic E-state index is 13.4. The zero-order valence-electron chi connectivity index (χ0n) is 21.2. The number of carbonyl (C=O) groups is 3. The molecule has 1 fully saturated rings. The molecule has 10 heteroatoms. The van der Waals surface area contributed by atoms with Crippen LogP contribution >= 0.6 is 0 Å². The van der Waals surface area contributed by atoms with Gasteiger partial charge in [-0.05, 0) is 49.6 Å². The number of sulfonamides is 1. The molecule has 1 heterocycles. The van der Waals surface area contributed by atoms with Crippen LogP contribution in [0.2, 0.25) is 0 Å². The van der Waals surface area contributed by atoms with E-state index < -0.39 is 27.9 Å². The number of nitrogens with one attached hydrogen (secondary N) is 1.